The second kappa shape index (κ2) is 8.92. The van der Waals surface area contributed by atoms with Crippen molar-refractivity contribution in [3.63, 3.8) is 0 Å². The van der Waals surface area contributed by atoms with Crippen molar-refractivity contribution in [2.45, 2.75) is 19.8 Å². The molecule has 6 nitrogen and oxygen atoms in total. The summed E-state index contributed by atoms with van der Waals surface area (Å²) in [7, 11) is 1.59. The molecule has 1 heterocycles. The van der Waals surface area contributed by atoms with E-state index in [0.29, 0.717) is 36.3 Å². The van der Waals surface area contributed by atoms with Gasteiger partial charge in [0.25, 0.3) is 5.56 Å². The van der Waals surface area contributed by atoms with Gasteiger partial charge >= 0.3 is 0 Å². The van der Waals surface area contributed by atoms with Crippen molar-refractivity contribution in [2.24, 2.45) is 0 Å². The van der Waals surface area contributed by atoms with Crippen molar-refractivity contribution in [3.05, 3.63) is 69.1 Å². The topological polar surface area (TPSA) is 96.5 Å². The Hall–Kier alpha value is -2.99. The van der Waals surface area contributed by atoms with Gasteiger partial charge in [-0.25, -0.2) is 0 Å². The van der Waals surface area contributed by atoms with E-state index in [0.717, 1.165) is 0 Å². The average Bonchev–Trinajstić information content (AvgIpc) is 2.59. The highest BCUT2D eigenvalue weighted by Crippen LogP contribution is 2.15. The average molecular weight is 355 g/mol. The second-order valence-corrected chi connectivity index (χ2v) is 5.88. The molecule has 0 spiro atoms. The number of aromatic nitrogens is 1. The minimum absolute atomic E-state index is 0.0322. The summed E-state index contributed by atoms with van der Waals surface area (Å²) >= 11 is 0. The molecule has 2 aromatic rings. The molecule has 1 aromatic carbocycles. The van der Waals surface area contributed by atoms with E-state index in [4.69, 9.17) is 4.74 Å². The predicted octanol–water partition coefficient (Wildman–Crippen LogP) is 2.89. The van der Waals surface area contributed by atoms with Crippen LogP contribution in [0.25, 0.3) is 6.08 Å². The summed E-state index contributed by atoms with van der Waals surface area (Å²) in [4.78, 5) is 38.5. The molecule has 0 unspecified atom stereocenters. The van der Waals surface area contributed by atoms with Gasteiger partial charge in [0.05, 0.1) is 0 Å². The van der Waals surface area contributed by atoms with E-state index in [1.54, 1.807) is 38.3 Å². The number of hydrogen-bond acceptors (Lipinski definition) is 5. The van der Waals surface area contributed by atoms with Gasteiger partial charge in [-0.1, -0.05) is 30.3 Å². The number of carbonyl (C=O) groups is 2. The highest BCUT2D eigenvalue weighted by molar-refractivity contribution is 6.08. The third kappa shape index (κ3) is 5.00. The number of pyridine rings is 1. The standard InChI is InChI=1S/C20H21NO5/c1-13-12-18(24)19(20(25)21-13)17(23)10-7-14-5-8-15(9-6-14)16(22)4-3-11-26-2/h5-10,12H,3-4,11H2,1-2H3,(H2,21,24,25)/b10-7+. The van der Waals surface area contributed by atoms with Crippen molar-refractivity contribution in [3.8, 4) is 5.75 Å². The number of methoxy groups -OCH3 is 1. The lowest BCUT2D eigenvalue weighted by Crippen LogP contribution is -2.17. The Kier molecular flexibility index (Phi) is 6.63. The zero-order valence-electron chi connectivity index (χ0n) is 14.7. The Labute approximate surface area is 151 Å². The predicted molar refractivity (Wildman–Crippen MR) is 98.7 cm³/mol. The molecule has 2 rings (SSSR count). The van der Waals surface area contributed by atoms with Gasteiger partial charge in [-0.15, -0.1) is 0 Å². The molecular formula is C20H21NO5. The highest BCUT2D eigenvalue weighted by atomic mass is 16.5. The second-order valence-electron chi connectivity index (χ2n) is 5.88. The molecule has 6 heteroatoms. The monoisotopic (exact) mass is 355 g/mol. The van der Waals surface area contributed by atoms with Crippen LogP contribution in [0.1, 0.15) is 44.8 Å². The first kappa shape index (κ1) is 19.3. The molecule has 2 N–H and O–H groups in total. The first-order valence-electron chi connectivity index (χ1n) is 8.20. The third-order valence-electron chi connectivity index (χ3n) is 3.81. The van der Waals surface area contributed by atoms with E-state index in [-0.39, 0.29) is 17.1 Å². The molecule has 1 aromatic heterocycles. The Balaban J connectivity index is 2.08. The number of allylic oxidation sites excluding steroid dienone is 1. The molecule has 0 amide bonds. The van der Waals surface area contributed by atoms with Gasteiger partial charge in [-0.2, -0.15) is 0 Å². The molecule has 0 fully saturated rings. The summed E-state index contributed by atoms with van der Waals surface area (Å²) in [6.07, 6.45) is 3.83. The number of aromatic hydroxyl groups is 1. The van der Waals surface area contributed by atoms with Gasteiger partial charge in [0.1, 0.15) is 11.3 Å². The van der Waals surface area contributed by atoms with E-state index in [1.807, 2.05) is 0 Å². The Morgan fingerprint density at radius 3 is 2.54 bits per heavy atom. The lowest BCUT2D eigenvalue weighted by molar-refractivity contribution is 0.0962. The number of carbonyl (C=O) groups excluding carboxylic acids is 2. The van der Waals surface area contributed by atoms with Crippen LogP contribution >= 0.6 is 0 Å². The zero-order valence-corrected chi connectivity index (χ0v) is 14.7. The number of aryl methyl sites for hydroxylation is 1. The number of Topliss-reactive ketones (excluding diaryl/α,β-unsaturated/α-hetero) is 1. The van der Waals surface area contributed by atoms with E-state index in [2.05, 4.69) is 4.98 Å². The van der Waals surface area contributed by atoms with Crippen molar-refractivity contribution in [1.82, 2.24) is 4.98 Å². The first-order valence-corrected chi connectivity index (χ1v) is 8.20. The van der Waals surface area contributed by atoms with Crippen molar-refractivity contribution in [2.75, 3.05) is 13.7 Å². The van der Waals surface area contributed by atoms with Gasteiger partial charge in [0.2, 0.25) is 0 Å². The van der Waals surface area contributed by atoms with Crippen molar-refractivity contribution >= 4 is 17.6 Å². The van der Waals surface area contributed by atoms with E-state index < -0.39 is 11.3 Å². The number of ketones is 2. The molecule has 0 aliphatic rings. The Bertz CT molecular complexity index is 878. The number of benzene rings is 1. The fourth-order valence-electron chi connectivity index (χ4n) is 2.47. The third-order valence-corrected chi connectivity index (χ3v) is 3.81. The van der Waals surface area contributed by atoms with E-state index in [9.17, 15) is 19.5 Å². The first-order chi connectivity index (χ1) is 12.4. The van der Waals surface area contributed by atoms with Gasteiger partial charge < -0.3 is 14.8 Å². The van der Waals surface area contributed by atoms with Gasteiger partial charge in [-0.05, 0) is 31.1 Å². The molecule has 136 valence electrons. The molecule has 0 saturated carbocycles. The molecule has 0 saturated heterocycles. The van der Waals surface area contributed by atoms with Crippen molar-refractivity contribution < 1.29 is 19.4 Å². The summed E-state index contributed by atoms with van der Waals surface area (Å²) in [5, 5.41) is 9.80. The number of nitrogens with one attached hydrogen (secondary N) is 1. The van der Waals surface area contributed by atoms with Crippen molar-refractivity contribution in [1.29, 1.82) is 0 Å². The molecule has 0 bridgehead atoms. The van der Waals surface area contributed by atoms with Crippen LogP contribution in [0.3, 0.4) is 0 Å². The molecule has 0 aliphatic heterocycles. The Morgan fingerprint density at radius 1 is 1.23 bits per heavy atom. The minimum Gasteiger partial charge on any atom is -0.507 e. The smallest absolute Gasteiger partial charge is 0.263 e. The molecular weight excluding hydrogens is 334 g/mol. The summed E-state index contributed by atoms with van der Waals surface area (Å²) < 4.78 is 4.93. The molecule has 0 aliphatic carbocycles. The number of hydrogen-bond donors (Lipinski definition) is 2. The van der Waals surface area contributed by atoms with Crippen LogP contribution in [-0.2, 0) is 4.74 Å². The number of rotatable bonds is 8. The zero-order chi connectivity index (χ0) is 19.1. The fourth-order valence-corrected chi connectivity index (χ4v) is 2.47. The van der Waals surface area contributed by atoms with E-state index >= 15 is 0 Å². The van der Waals surface area contributed by atoms with Crippen LogP contribution in [0, 0.1) is 6.92 Å². The van der Waals surface area contributed by atoms with Gasteiger partial charge in [0.15, 0.2) is 11.6 Å². The van der Waals surface area contributed by atoms with E-state index in [1.165, 1.54) is 18.2 Å². The van der Waals surface area contributed by atoms with Gasteiger partial charge in [0, 0.05) is 31.4 Å². The quantitative estimate of drug-likeness (QED) is 0.431. The highest BCUT2D eigenvalue weighted by Gasteiger charge is 2.14. The fraction of sp³-hybridized carbons (Fsp3) is 0.250. The molecule has 0 radical (unpaired) electrons. The van der Waals surface area contributed by atoms with Crippen LogP contribution < -0.4 is 5.56 Å². The number of aromatic amines is 1. The van der Waals surface area contributed by atoms with Crippen LogP contribution in [0.4, 0.5) is 0 Å². The summed E-state index contributed by atoms with van der Waals surface area (Å²) in [6, 6.07) is 8.14. The lowest BCUT2D eigenvalue weighted by atomic mass is 10.0. The summed E-state index contributed by atoms with van der Waals surface area (Å²) in [5.41, 5.74) is 0.844. The van der Waals surface area contributed by atoms with Crippen LogP contribution in [0.2, 0.25) is 0 Å². The summed E-state index contributed by atoms with van der Waals surface area (Å²) in [6.45, 7) is 2.16. The molecule has 26 heavy (non-hydrogen) atoms. The van der Waals surface area contributed by atoms with Crippen LogP contribution in [0.15, 0.2) is 41.2 Å². The molecule has 0 atom stereocenters. The number of H-pyrrole nitrogens is 1. The maximum absolute atomic E-state index is 12.2. The summed E-state index contributed by atoms with van der Waals surface area (Å²) in [5.74, 6) is -0.911. The normalized spacial score (nSPS) is 11.0. The minimum atomic E-state index is -0.630. The number of ether oxygens (including phenoxy) is 1. The maximum Gasteiger partial charge on any atom is 0.263 e. The van der Waals surface area contributed by atoms with Crippen LogP contribution in [0.5, 0.6) is 5.75 Å². The van der Waals surface area contributed by atoms with Gasteiger partial charge in [-0.3, -0.25) is 14.4 Å². The SMILES string of the molecule is COCCCC(=O)c1ccc(/C=C/C(=O)c2c(O)cc(C)[nH]c2=O)cc1. The Morgan fingerprint density at radius 2 is 1.92 bits per heavy atom. The maximum atomic E-state index is 12.2. The van der Waals surface area contributed by atoms with Crippen LogP contribution in [-0.4, -0.2) is 35.4 Å². The largest absolute Gasteiger partial charge is 0.507 e. The lowest BCUT2D eigenvalue weighted by Gasteiger charge is -2.02.